The summed E-state index contributed by atoms with van der Waals surface area (Å²) in [5.74, 6) is -0.204. The molecule has 2 amide bonds. The van der Waals surface area contributed by atoms with Crippen LogP contribution >= 0.6 is 0 Å². The van der Waals surface area contributed by atoms with Crippen molar-refractivity contribution in [3.63, 3.8) is 0 Å². The van der Waals surface area contributed by atoms with Crippen molar-refractivity contribution in [2.24, 2.45) is 5.92 Å². The molecule has 1 aromatic carbocycles. The molecule has 0 bridgehead atoms. The Labute approximate surface area is 191 Å². The first-order valence-electron chi connectivity index (χ1n) is 12.4. The number of likely N-dealkylation sites (tertiary alicyclic amines) is 1. The summed E-state index contributed by atoms with van der Waals surface area (Å²) in [6.07, 6.45) is 8.40. The zero-order valence-corrected chi connectivity index (χ0v) is 19.1. The summed E-state index contributed by atoms with van der Waals surface area (Å²) < 4.78 is 14.0. The molecule has 1 N–H and O–H groups in total. The van der Waals surface area contributed by atoms with Gasteiger partial charge >= 0.3 is 0 Å². The van der Waals surface area contributed by atoms with Gasteiger partial charge in [-0.2, -0.15) is 0 Å². The fraction of sp³-hybridized carbons (Fsp3) is 0.680. The minimum Gasteiger partial charge on any atom is -0.353 e. The molecule has 4 rings (SSSR count). The molecule has 3 fully saturated rings. The highest BCUT2D eigenvalue weighted by Gasteiger charge is 2.37. The van der Waals surface area contributed by atoms with E-state index in [1.807, 2.05) is 0 Å². The highest BCUT2D eigenvalue weighted by atomic mass is 19.1. The Morgan fingerprint density at radius 1 is 0.938 bits per heavy atom. The molecule has 176 valence electrons. The van der Waals surface area contributed by atoms with Crippen molar-refractivity contribution < 1.29 is 14.0 Å². The predicted octanol–water partition coefficient (Wildman–Crippen LogP) is 2.74. The summed E-state index contributed by atoms with van der Waals surface area (Å²) in [5.41, 5.74) is 0.128. The van der Waals surface area contributed by atoms with Crippen molar-refractivity contribution in [3.8, 4) is 0 Å². The van der Waals surface area contributed by atoms with Crippen LogP contribution in [0.25, 0.3) is 0 Å². The molecule has 1 aromatic rings. The molecular weight excluding hydrogens is 407 g/mol. The number of rotatable bonds is 7. The van der Waals surface area contributed by atoms with Crippen molar-refractivity contribution in [2.45, 2.75) is 51.0 Å². The number of amides is 2. The van der Waals surface area contributed by atoms with E-state index in [2.05, 4.69) is 15.1 Å². The quantitative estimate of drug-likeness (QED) is 0.703. The number of carbonyl (C=O) groups is 2. The molecule has 1 unspecified atom stereocenters. The number of nitrogens with one attached hydrogen (secondary N) is 1. The first-order chi connectivity index (χ1) is 15.6. The Morgan fingerprint density at radius 2 is 1.62 bits per heavy atom. The maximum absolute atomic E-state index is 14.0. The van der Waals surface area contributed by atoms with E-state index in [0.29, 0.717) is 38.6 Å². The average molecular weight is 445 g/mol. The molecular formula is C25H37FN4O2. The maximum atomic E-state index is 14.0. The smallest absolute Gasteiger partial charge is 0.256 e. The molecule has 2 aliphatic heterocycles. The van der Waals surface area contributed by atoms with E-state index in [-0.39, 0.29) is 23.4 Å². The second-order valence-corrected chi connectivity index (χ2v) is 9.49. The summed E-state index contributed by atoms with van der Waals surface area (Å²) in [7, 11) is 0. The molecule has 6 nitrogen and oxygen atoms in total. The number of carbonyl (C=O) groups excluding carboxylic acids is 2. The molecule has 0 radical (unpaired) electrons. The monoisotopic (exact) mass is 444 g/mol. The van der Waals surface area contributed by atoms with E-state index in [9.17, 15) is 14.0 Å². The van der Waals surface area contributed by atoms with Crippen LogP contribution in [0.5, 0.6) is 0 Å². The first kappa shape index (κ1) is 23.2. The molecule has 2 saturated heterocycles. The molecule has 7 heteroatoms. The van der Waals surface area contributed by atoms with Crippen molar-refractivity contribution in [3.05, 3.63) is 35.6 Å². The van der Waals surface area contributed by atoms with Gasteiger partial charge in [0.2, 0.25) is 5.91 Å². The van der Waals surface area contributed by atoms with Gasteiger partial charge in [0.25, 0.3) is 5.91 Å². The standard InChI is InChI=1S/C25H37FN4O2/c26-22-11-5-4-10-21(22)25(32)30-18-16-29(17-19-30)23(20-8-2-3-9-20)24(31)27-12-15-28-13-6-1-7-14-28/h4-5,10-11,20,23H,1-3,6-9,12-19H2,(H,27,31). The summed E-state index contributed by atoms with van der Waals surface area (Å²) in [4.78, 5) is 32.4. The predicted molar refractivity (Wildman–Crippen MR) is 123 cm³/mol. The highest BCUT2D eigenvalue weighted by Crippen LogP contribution is 2.31. The van der Waals surface area contributed by atoms with Crippen LogP contribution < -0.4 is 5.32 Å². The van der Waals surface area contributed by atoms with E-state index in [4.69, 9.17) is 0 Å². The molecule has 1 atom stereocenters. The van der Waals surface area contributed by atoms with Crippen LogP contribution in [0.1, 0.15) is 55.3 Å². The van der Waals surface area contributed by atoms with Gasteiger partial charge in [-0.05, 0) is 56.8 Å². The Hall–Kier alpha value is -1.99. The average Bonchev–Trinajstić information content (AvgIpc) is 3.35. The van der Waals surface area contributed by atoms with Crippen LogP contribution in [-0.2, 0) is 4.79 Å². The van der Waals surface area contributed by atoms with Crippen LogP contribution in [0.2, 0.25) is 0 Å². The number of nitrogens with zero attached hydrogens (tertiary/aromatic N) is 3. The molecule has 0 spiro atoms. The van der Waals surface area contributed by atoms with E-state index in [0.717, 1.165) is 32.5 Å². The zero-order valence-electron chi connectivity index (χ0n) is 19.1. The van der Waals surface area contributed by atoms with Crippen LogP contribution in [-0.4, -0.2) is 84.9 Å². The van der Waals surface area contributed by atoms with E-state index in [1.165, 1.54) is 38.2 Å². The fourth-order valence-electron chi connectivity index (χ4n) is 5.58. The number of piperazine rings is 1. The minimum absolute atomic E-state index is 0.121. The number of hydrogen-bond donors (Lipinski definition) is 1. The van der Waals surface area contributed by atoms with Gasteiger partial charge in [0.05, 0.1) is 11.6 Å². The number of halogens is 1. The third kappa shape index (κ3) is 5.67. The van der Waals surface area contributed by atoms with Crippen molar-refractivity contribution in [1.29, 1.82) is 0 Å². The first-order valence-corrected chi connectivity index (χ1v) is 12.4. The fourth-order valence-corrected chi connectivity index (χ4v) is 5.58. The third-order valence-corrected chi connectivity index (χ3v) is 7.39. The third-order valence-electron chi connectivity index (χ3n) is 7.39. The van der Waals surface area contributed by atoms with E-state index in [1.54, 1.807) is 23.1 Å². The normalized spacial score (nSPS) is 22.1. The molecule has 2 heterocycles. The van der Waals surface area contributed by atoms with Gasteiger partial charge < -0.3 is 15.1 Å². The SMILES string of the molecule is O=C(NCCN1CCCCC1)C(C1CCCC1)N1CCN(C(=O)c2ccccc2F)CC1. The lowest BCUT2D eigenvalue weighted by atomic mass is 9.95. The summed E-state index contributed by atoms with van der Waals surface area (Å²) in [6.45, 7) is 6.26. The van der Waals surface area contributed by atoms with Gasteiger partial charge in [-0.25, -0.2) is 4.39 Å². The summed E-state index contributed by atoms with van der Waals surface area (Å²) in [6, 6.07) is 6.04. The Balaban J connectivity index is 1.32. The van der Waals surface area contributed by atoms with Crippen molar-refractivity contribution in [1.82, 2.24) is 20.0 Å². The van der Waals surface area contributed by atoms with Gasteiger partial charge in [0.1, 0.15) is 5.82 Å². The lowest BCUT2D eigenvalue weighted by molar-refractivity contribution is -0.129. The van der Waals surface area contributed by atoms with Gasteiger partial charge in [-0.15, -0.1) is 0 Å². The van der Waals surface area contributed by atoms with Crippen LogP contribution in [0.3, 0.4) is 0 Å². The van der Waals surface area contributed by atoms with Gasteiger partial charge in [0, 0.05) is 39.3 Å². The van der Waals surface area contributed by atoms with Gasteiger partial charge in [-0.3, -0.25) is 14.5 Å². The zero-order chi connectivity index (χ0) is 22.3. The molecule has 3 aliphatic rings. The van der Waals surface area contributed by atoms with Crippen molar-refractivity contribution >= 4 is 11.8 Å². The van der Waals surface area contributed by atoms with Gasteiger partial charge in [0.15, 0.2) is 0 Å². The lowest BCUT2D eigenvalue weighted by Gasteiger charge is -2.41. The van der Waals surface area contributed by atoms with Crippen molar-refractivity contribution in [2.75, 3.05) is 52.4 Å². The van der Waals surface area contributed by atoms with Crippen LogP contribution in [0.4, 0.5) is 4.39 Å². The number of piperidine rings is 1. The van der Waals surface area contributed by atoms with Crippen LogP contribution in [0.15, 0.2) is 24.3 Å². The summed E-state index contributed by atoms with van der Waals surface area (Å²) >= 11 is 0. The summed E-state index contributed by atoms with van der Waals surface area (Å²) in [5, 5.41) is 3.22. The van der Waals surface area contributed by atoms with Gasteiger partial charge in [-0.1, -0.05) is 31.4 Å². The number of benzene rings is 1. The van der Waals surface area contributed by atoms with E-state index >= 15 is 0 Å². The maximum Gasteiger partial charge on any atom is 0.256 e. The topological polar surface area (TPSA) is 55.9 Å². The van der Waals surface area contributed by atoms with Crippen LogP contribution in [0, 0.1) is 11.7 Å². The Kier molecular flexibility index (Phi) is 8.14. The molecule has 32 heavy (non-hydrogen) atoms. The second-order valence-electron chi connectivity index (χ2n) is 9.49. The minimum atomic E-state index is -0.475. The molecule has 1 aliphatic carbocycles. The number of hydrogen-bond acceptors (Lipinski definition) is 4. The van der Waals surface area contributed by atoms with E-state index < -0.39 is 5.82 Å². The molecule has 0 aromatic heterocycles. The largest absolute Gasteiger partial charge is 0.353 e. The lowest BCUT2D eigenvalue weighted by Crippen LogP contribution is -2.58. The Bertz CT molecular complexity index is 769. The molecule has 1 saturated carbocycles. The Morgan fingerprint density at radius 3 is 2.31 bits per heavy atom. The highest BCUT2D eigenvalue weighted by molar-refractivity contribution is 5.94. The second kappa shape index (κ2) is 11.2.